The smallest absolute Gasteiger partial charge is 0.362 e. The molecule has 0 bridgehead atoms. The maximum absolute atomic E-state index is 12.3. The van der Waals surface area contributed by atoms with E-state index in [0.29, 0.717) is 13.2 Å². The number of carbonyl (C=O) groups excluding carboxylic acids is 2. The molecule has 20 heavy (non-hydrogen) atoms. The highest BCUT2D eigenvalue weighted by molar-refractivity contribution is 8.15. The molecule has 0 aromatic heterocycles. The van der Waals surface area contributed by atoms with E-state index < -0.39 is 16.1 Å². The fraction of sp³-hybridized carbons (Fsp3) is 0.643. The third-order valence-corrected chi connectivity index (χ3v) is 6.20. The second kappa shape index (κ2) is 6.54. The lowest BCUT2D eigenvalue weighted by Gasteiger charge is -2.14. The number of unbranched alkanes of at least 4 members (excludes halogenated alkanes) is 1. The standard InChI is InChI=1S/C14H21N2O3S/c1-3-4-7-19-14(18)13-12(15)10-8-16-6-5-11(10)20(13)9(2)17/h5-6,10,12-13H,3-4,7-8,15H2,1-2H3/q+1. The minimum absolute atomic E-state index is 0.00180. The normalized spacial score (nSPS) is 31.6. The molecule has 2 rings (SSSR count). The van der Waals surface area contributed by atoms with Crippen LogP contribution in [0.15, 0.2) is 16.0 Å². The lowest BCUT2D eigenvalue weighted by atomic mass is 9.96. The van der Waals surface area contributed by atoms with E-state index >= 15 is 0 Å². The molecule has 0 aliphatic carbocycles. The molecule has 4 unspecified atom stereocenters. The van der Waals surface area contributed by atoms with Crippen LogP contribution in [0, 0.1) is 5.92 Å². The van der Waals surface area contributed by atoms with Gasteiger partial charge in [-0.3, -0.25) is 4.99 Å². The highest BCUT2D eigenvalue weighted by atomic mass is 32.2. The molecule has 0 saturated carbocycles. The number of aliphatic imine (C=N–C) groups is 1. The highest BCUT2D eigenvalue weighted by Gasteiger charge is 2.61. The van der Waals surface area contributed by atoms with Crippen molar-refractivity contribution >= 4 is 28.2 Å². The van der Waals surface area contributed by atoms with E-state index in [1.54, 1.807) is 6.21 Å². The SMILES string of the molecule is CCCCOC(=O)C1C(N)C2CN=CC=C2[S+]1C(C)=O. The summed E-state index contributed by atoms with van der Waals surface area (Å²) in [4.78, 5) is 29.4. The van der Waals surface area contributed by atoms with Gasteiger partial charge >= 0.3 is 11.1 Å². The Bertz CT molecular complexity index is 461. The first-order valence-corrected chi connectivity index (χ1v) is 8.22. The van der Waals surface area contributed by atoms with Crippen molar-refractivity contribution in [3.63, 3.8) is 0 Å². The van der Waals surface area contributed by atoms with Crippen LogP contribution < -0.4 is 5.73 Å². The Morgan fingerprint density at radius 3 is 2.95 bits per heavy atom. The number of nitrogens with two attached hydrogens (primary N) is 1. The molecule has 1 saturated heterocycles. The predicted molar refractivity (Wildman–Crippen MR) is 80.6 cm³/mol. The summed E-state index contributed by atoms with van der Waals surface area (Å²) in [5.41, 5.74) is 6.21. The van der Waals surface area contributed by atoms with E-state index in [-0.39, 0.29) is 23.0 Å². The molecular formula is C14H21N2O3S+. The summed E-state index contributed by atoms with van der Waals surface area (Å²) in [6.45, 7) is 4.51. The van der Waals surface area contributed by atoms with E-state index in [9.17, 15) is 9.59 Å². The Kier molecular flexibility index (Phi) is 4.99. The summed E-state index contributed by atoms with van der Waals surface area (Å²) < 4.78 is 5.29. The second-order valence-electron chi connectivity index (χ2n) is 5.04. The molecule has 110 valence electrons. The van der Waals surface area contributed by atoms with Gasteiger partial charge in [0.25, 0.3) is 0 Å². The topological polar surface area (TPSA) is 81.8 Å². The van der Waals surface area contributed by atoms with Crippen molar-refractivity contribution < 1.29 is 14.3 Å². The Hall–Kier alpha value is -1.14. The highest BCUT2D eigenvalue weighted by Crippen LogP contribution is 2.39. The zero-order valence-electron chi connectivity index (χ0n) is 11.9. The third-order valence-electron chi connectivity index (χ3n) is 3.62. The molecule has 0 aromatic rings. The van der Waals surface area contributed by atoms with Crippen molar-refractivity contribution in [2.24, 2.45) is 16.6 Å². The molecule has 0 radical (unpaired) electrons. The third kappa shape index (κ3) is 2.81. The van der Waals surface area contributed by atoms with Gasteiger partial charge in [-0.1, -0.05) is 13.3 Å². The van der Waals surface area contributed by atoms with Gasteiger partial charge in [0.05, 0.1) is 25.1 Å². The summed E-state index contributed by atoms with van der Waals surface area (Å²) in [5.74, 6) is -0.337. The van der Waals surface area contributed by atoms with Gasteiger partial charge in [-0.05, 0) is 6.42 Å². The van der Waals surface area contributed by atoms with Gasteiger partial charge in [-0.25, -0.2) is 9.59 Å². The molecule has 2 aliphatic heterocycles. The zero-order valence-corrected chi connectivity index (χ0v) is 12.7. The number of allylic oxidation sites excluding steroid dienone is 1. The average molecular weight is 297 g/mol. The number of rotatable bonds is 4. The van der Waals surface area contributed by atoms with Crippen molar-refractivity contribution in [3.8, 4) is 0 Å². The molecule has 4 atom stereocenters. The number of hydrogen-bond donors (Lipinski definition) is 1. The van der Waals surface area contributed by atoms with Crippen LogP contribution in [-0.4, -0.2) is 41.7 Å². The zero-order chi connectivity index (χ0) is 14.7. The van der Waals surface area contributed by atoms with E-state index in [1.165, 1.54) is 6.92 Å². The molecule has 2 aliphatic rings. The quantitative estimate of drug-likeness (QED) is 0.472. The maximum atomic E-state index is 12.3. The van der Waals surface area contributed by atoms with Gasteiger partial charge in [0, 0.05) is 19.2 Å². The van der Waals surface area contributed by atoms with Gasteiger partial charge in [0.2, 0.25) is 5.25 Å². The lowest BCUT2D eigenvalue weighted by molar-refractivity contribution is -0.143. The van der Waals surface area contributed by atoms with E-state index in [0.717, 1.165) is 17.7 Å². The summed E-state index contributed by atoms with van der Waals surface area (Å²) in [6.07, 6.45) is 5.34. The molecule has 5 nitrogen and oxygen atoms in total. The Balaban J connectivity index is 2.18. The molecule has 2 N–H and O–H groups in total. The van der Waals surface area contributed by atoms with Crippen LogP contribution in [0.2, 0.25) is 0 Å². The molecule has 6 heteroatoms. The maximum Gasteiger partial charge on any atom is 0.362 e. The number of fused-ring (bicyclic) bond motifs is 1. The van der Waals surface area contributed by atoms with Crippen molar-refractivity contribution in [1.82, 2.24) is 0 Å². The number of nitrogens with zero attached hydrogens (tertiary/aromatic N) is 1. The van der Waals surface area contributed by atoms with Crippen LogP contribution in [0.3, 0.4) is 0 Å². The largest absolute Gasteiger partial charge is 0.462 e. The summed E-state index contributed by atoms with van der Waals surface area (Å²) in [7, 11) is -0.767. The fourth-order valence-electron chi connectivity index (χ4n) is 2.57. The summed E-state index contributed by atoms with van der Waals surface area (Å²) >= 11 is 0. The van der Waals surface area contributed by atoms with Crippen LogP contribution in [0.1, 0.15) is 26.7 Å². The van der Waals surface area contributed by atoms with Crippen molar-refractivity contribution in [1.29, 1.82) is 0 Å². The van der Waals surface area contributed by atoms with Gasteiger partial charge in [-0.15, -0.1) is 0 Å². The minimum atomic E-state index is -0.767. The number of esters is 1. The van der Waals surface area contributed by atoms with Gasteiger partial charge in [0.15, 0.2) is 0 Å². The molecule has 2 heterocycles. The number of dihydropyridines is 1. The molecule has 1 fully saturated rings. The number of ether oxygens (including phenoxy) is 1. The van der Waals surface area contributed by atoms with Crippen molar-refractivity contribution in [2.45, 2.75) is 38.0 Å². The Morgan fingerprint density at radius 2 is 2.30 bits per heavy atom. The fourth-order valence-corrected chi connectivity index (χ4v) is 5.09. The van der Waals surface area contributed by atoms with Gasteiger partial charge in [-0.2, -0.15) is 0 Å². The van der Waals surface area contributed by atoms with Gasteiger partial charge < -0.3 is 10.5 Å². The number of hydrogen-bond acceptors (Lipinski definition) is 5. The first-order valence-electron chi connectivity index (χ1n) is 6.93. The molecular weight excluding hydrogens is 276 g/mol. The van der Waals surface area contributed by atoms with Crippen molar-refractivity contribution in [2.75, 3.05) is 13.2 Å². The second-order valence-corrected chi connectivity index (χ2v) is 7.27. The van der Waals surface area contributed by atoms with E-state index in [1.807, 2.05) is 13.0 Å². The van der Waals surface area contributed by atoms with E-state index in [4.69, 9.17) is 10.5 Å². The van der Waals surface area contributed by atoms with Crippen LogP contribution in [0.5, 0.6) is 0 Å². The monoisotopic (exact) mass is 297 g/mol. The molecule has 0 aromatic carbocycles. The number of carbonyl (C=O) groups is 2. The van der Waals surface area contributed by atoms with Crippen LogP contribution >= 0.6 is 0 Å². The van der Waals surface area contributed by atoms with Crippen LogP contribution in [-0.2, 0) is 25.2 Å². The molecule has 0 spiro atoms. The summed E-state index contributed by atoms with van der Waals surface area (Å²) in [5, 5.41) is -0.538. The Labute approximate surface area is 122 Å². The first kappa shape index (κ1) is 15.3. The van der Waals surface area contributed by atoms with Crippen LogP contribution in [0.25, 0.3) is 0 Å². The lowest BCUT2D eigenvalue weighted by Crippen LogP contribution is -2.45. The Morgan fingerprint density at radius 1 is 1.55 bits per heavy atom. The average Bonchev–Trinajstić information content (AvgIpc) is 2.73. The first-order chi connectivity index (χ1) is 9.57. The summed E-state index contributed by atoms with van der Waals surface area (Å²) in [6, 6.07) is -0.375. The van der Waals surface area contributed by atoms with Crippen molar-refractivity contribution in [3.05, 3.63) is 11.0 Å². The molecule has 0 amide bonds. The predicted octanol–water partition coefficient (Wildman–Crippen LogP) is 0.788. The minimum Gasteiger partial charge on any atom is -0.462 e. The van der Waals surface area contributed by atoms with Crippen LogP contribution in [0.4, 0.5) is 0 Å². The van der Waals surface area contributed by atoms with E-state index in [2.05, 4.69) is 4.99 Å². The van der Waals surface area contributed by atoms with Gasteiger partial charge in [0.1, 0.15) is 15.8 Å².